The first-order chi connectivity index (χ1) is 6.07. The molecule has 0 bridgehead atoms. The van der Waals surface area contributed by atoms with Gasteiger partial charge in [0.15, 0.2) is 0 Å². The third-order valence-corrected chi connectivity index (χ3v) is 1.63. The fraction of sp³-hybridized carbons (Fsp3) is 0.333. The Kier molecular flexibility index (Phi) is 2.36. The van der Waals surface area contributed by atoms with Gasteiger partial charge in [0.1, 0.15) is 11.9 Å². The summed E-state index contributed by atoms with van der Waals surface area (Å²) in [5, 5.41) is 28.2. The van der Waals surface area contributed by atoms with Gasteiger partial charge in [-0.3, -0.25) is 15.5 Å². The molecule has 7 heteroatoms. The van der Waals surface area contributed by atoms with E-state index in [-0.39, 0.29) is 6.42 Å². The average molecular weight is 187 g/mol. The van der Waals surface area contributed by atoms with Crippen LogP contribution in [0, 0.1) is 15.5 Å². The van der Waals surface area contributed by atoms with Crippen molar-refractivity contribution in [3.63, 3.8) is 0 Å². The Labute approximate surface area is 72.0 Å². The van der Waals surface area contributed by atoms with E-state index in [0.29, 0.717) is 0 Å². The van der Waals surface area contributed by atoms with Crippen molar-refractivity contribution in [1.82, 2.24) is 0 Å². The lowest BCUT2D eigenvalue weighted by molar-refractivity contribution is -0.415. The summed E-state index contributed by atoms with van der Waals surface area (Å²) in [6.07, 6.45) is -0.860. The van der Waals surface area contributed by atoms with Crippen LogP contribution in [0.1, 0.15) is 6.42 Å². The Hall–Kier alpha value is -1.79. The summed E-state index contributed by atoms with van der Waals surface area (Å²) < 4.78 is 12.8. The van der Waals surface area contributed by atoms with E-state index in [1.54, 1.807) is 0 Å². The van der Waals surface area contributed by atoms with Crippen LogP contribution in [0.25, 0.3) is 0 Å². The highest BCUT2D eigenvalue weighted by Gasteiger charge is 2.33. The maximum Gasteiger partial charge on any atom is 0.296 e. The smallest absolute Gasteiger partial charge is 0.296 e. The number of halogens is 1. The third-order valence-electron chi connectivity index (χ3n) is 1.63. The van der Waals surface area contributed by atoms with Crippen molar-refractivity contribution in [3.8, 4) is 0 Å². The molecule has 1 unspecified atom stereocenters. The number of rotatable bonds is 1. The second-order valence-corrected chi connectivity index (χ2v) is 2.41. The molecule has 13 heavy (non-hydrogen) atoms. The van der Waals surface area contributed by atoms with Crippen molar-refractivity contribution in [3.05, 3.63) is 21.9 Å². The Balaban J connectivity index is 3.11. The molecule has 0 radical (unpaired) electrons. The minimum atomic E-state index is -1.63. The van der Waals surface area contributed by atoms with Crippen molar-refractivity contribution in [2.45, 2.75) is 12.6 Å². The fourth-order valence-corrected chi connectivity index (χ4v) is 0.982. The molecule has 1 rings (SSSR count). The molecule has 6 nitrogen and oxygen atoms in total. The van der Waals surface area contributed by atoms with Crippen molar-refractivity contribution in [1.29, 1.82) is 5.41 Å². The number of nitrogens with zero attached hydrogens (tertiary/aromatic N) is 2. The van der Waals surface area contributed by atoms with Crippen LogP contribution in [0.2, 0.25) is 0 Å². The van der Waals surface area contributed by atoms with Crippen molar-refractivity contribution < 1.29 is 14.5 Å². The van der Waals surface area contributed by atoms with Gasteiger partial charge in [0.05, 0.1) is 4.92 Å². The molecule has 0 aromatic heterocycles. The molecule has 70 valence electrons. The van der Waals surface area contributed by atoms with Crippen LogP contribution in [-0.2, 0) is 0 Å². The lowest BCUT2D eigenvalue weighted by Gasteiger charge is -2.12. The van der Waals surface area contributed by atoms with Crippen LogP contribution < -0.4 is 0 Å². The van der Waals surface area contributed by atoms with E-state index in [2.05, 4.69) is 5.16 Å². The van der Waals surface area contributed by atoms with Gasteiger partial charge in [0.2, 0.25) is 5.71 Å². The van der Waals surface area contributed by atoms with Crippen molar-refractivity contribution in [2.75, 3.05) is 0 Å². The molecular weight excluding hydrogens is 181 g/mol. The van der Waals surface area contributed by atoms with E-state index in [1.807, 2.05) is 0 Å². The quantitative estimate of drug-likeness (QED) is 0.359. The van der Waals surface area contributed by atoms with Gasteiger partial charge in [0, 0.05) is 6.42 Å². The SMILES string of the molecule is N=C1/C(=N\O)C([N+](=O)[O-])=CCC1F. The van der Waals surface area contributed by atoms with Crippen LogP contribution in [0.5, 0.6) is 0 Å². The summed E-state index contributed by atoms with van der Waals surface area (Å²) in [6.45, 7) is 0. The Morgan fingerprint density at radius 1 is 1.85 bits per heavy atom. The highest BCUT2D eigenvalue weighted by molar-refractivity contribution is 6.48. The number of oxime groups is 1. The molecule has 0 aliphatic heterocycles. The molecule has 1 atom stereocenters. The molecule has 0 spiro atoms. The summed E-state index contributed by atoms with van der Waals surface area (Å²) in [5.74, 6) is 0. The first-order valence-corrected chi connectivity index (χ1v) is 3.37. The minimum absolute atomic E-state index is 0.228. The van der Waals surface area contributed by atoms with Gasteiger partial charge in [-0.1, -0.05) is 5.16 Å². The summed E-state index contributed by atoms with van der Waals surface area (Å²) in [6, 6.07) is 0. The fourth-order valence-electron chi connectivity index (χ4n) is 0.982. The van der Waals surface area contributed by atoms with Crippen LogP contribution >= 0.6 is 0 Å². The van der Waals surface area contributed by atoms with E-state index in [1.165, 1.54) is 0 Å². The largest absolute Gasteiger partial charge is 0.410 e. The molecule has 0 aromatic carbocycles. The Bertz CT molecular complexity index is 323. The maximum atomic E-state index is 12.8. The number of alkyl halides is 1. The second kappa shape index (κ2) is 3.30. The zero-order chi connectivity index (χ0) is 10.0. The zero-order valence-electron chi connectivity index (χ0n) is 6.40. The molecule has 1 aliphatic rings. The first kappa shape index (κ1) is 9.30. The molecule has 0 aromatic rings. The molecule has 0 heterocycles. The maximum absolute atomic E-state index is 12.8. The standard InChI is InChI=1S/C6H6FN3O3/c7-3-1-2-4(10(12)13)6(9-11)5(3)8/h2-3,8,11H,1H2/b8-5?,9-6-. The summed E-state index contributed by atoms with van der Waals surface area (Å²) >= 11 is 0. The number of hydrogen-bond acceptors (Lipinski definition) is 5. The van der Waals surface area contributed by atoms with Crippen LogP contribution in [0.15, 0.2) is 16.9 Å². The normalized spacial score (nSPS) is 25.9. The lowest BCUT2D eigenvalue weighted by Crippen LogP contribution is -2.32. The van der Waals surface area contributed by atoms with Crippen LogP contribution in [0.4, 0.5) is 4.39 Å². The van der Waals surface area contributed by atoms with Crippen molar-refractivity contribution >= 4 is 11.4 Å². The summed E-state index contributed by atoms with van der Waals surface area (Å²) in [4.78, 5) is 9.49. The monoisotopic (exact) mass is 187 g/mol. The summed E-state index contributed by atoms with van der Waals surface area (Å²) in [5.41, 5.74) is -1.79. The van der Waals surface area contributed by atoms with Gasteiger partial charge >= 0.3 is 0 Å². The molecular formula is C6H6FN3O3. The second-order valence-electron chi connectivity index (χ2n) is 2.41. The topological polar surface area (TPSA) is 99.6 Å². The van der Waals surface area contributed by atoms with E-state index in [9.17, 15) is 14.5 Å². The predicted octanol–water partition coefficient (Wildman–Crippen LogP) is 0.739. The average Bonchev–Trinajstić information content (AvgIpc) is 2.09. The Morgan fingerprint density at radius 3 is 2.92 bits per heavy atom. The van der Waals surface area contributed by atoms with E-state index in [0.717, 1.165) is 6.08 Å². The van der Waals surface area contributed by atoms with Crippen LogP contribution in [-0.4, -0.2) is 27.7 Å². The first-order valence-electron chi connectivity index (χ1n) is 3.37. The van der Waals surface area contributed by atoms with Gasteiger partial charge in [-0.2, -0.15) is 0 Å². The van der Waals surface area contributed by atoms with Crippen LogP contribution in [0.3, 0.4) is 0 Å². The van der Waals surface area contributed by atoms with Crippen molar-refractivity contribution in [2.24, 2.45) is 5.16 Å². The van der Waals surface area contributed by atoms with E-state index in [4.69, 9.17) is 10.6 Å². The number of nitro groups is 1. The van der Waals surface area contributed by atoms with Gasteiger partial charge < -0.3 is 5.21 Å². The molecule has 1 aliphatic carbocycles. The van der Waals surface area contributed by atoms with Gasteiger partial charge in [0.25, 0.3) is 5.70 Å². The number of nitrogens with one attached hydrogen (secondary N) is 1. The number of allylic oxidation sites excluding steroid dienone is 2. The summed E-state index contributed by atoms with van der Waals surface area (Å²) in [7, 11) is 0. The highest BCUT2D eigenvalue weighted by atomic mass is 19.1. The lowest BCUT2D eigenvalue weighted by atomic mass is 9.99. The predicted molar refractivity (Wildman–Crippen MR) is 41.5 cm³/mol. The molecule has 0 fully saturated rings. The molecule has 0 saturated carbocycles. The molecule has 0 saturated heterocycles. The minimum Gasteiger partial charge on any atom is -0.410 e. The Morgan fingerprint density at radius 2 is 2.46 bits per heavy atom. The van der Waals surface area contributed by atoms with Gasteiger partial charge in [-0.05, 0) is 6.08 Å². The van der Waals surface area contributed by atoms with Gasteiger partial charge in [-0.25, -0.2) is 4.39 Å². The molecule has 2 N–H and O–H groups in total. The number of hydrogen-bond donors (Lipinski definition) is 2. The van der Waals surface area contributed by atoms with Gasteiger partial charge in [-0.15, -0.1) is 0 Å². The zero-order valence-corrected chi connectivity index (χ0v) is 6.40. The van der Waals surface area contributed by atoms with E-state index < -0.39 is 28.2 Å². The van der Waals surface area contributed by atoms with E-state index >= 15 is 0 Å². The highest BCUT2D eigenvalue weighted by Crippen LogP contribution is 2.16. The molecule has 0 amide bonds. The third kappa shape index (κ3) is 1.53.